The maximum Gasteiger partial charge on any atom is 0.225 e. The van der Waals surface area contributed by atoms with Crippen LogP contribution in [0.3, 0.4) is 0 Å². The first-order valence-corrected chi connectivity index (χ1v) is 6.40. The van der Waals surface area contributed by atoms with E-state index in [1.807, 2.05) is 31.2 Å². The van der Waals surface area contributed by atoms with Crippen LogP contribution >= 0.6 is 0 Å². The number of benzene rings is 1. The summed E-state index contributed by atoms with van der Waals surface area (Å²) in [4.78, 5) is 13.9. The number of aryl methyl sites for hydroxylation is 1. The third-order valence-electron chi connectivity index (χ3n) is 3.20. The molecule has 0 aromatic heterocycles. The van der Waals surface area contributed by atoms with E-state index in [1.54, 1.807) is 0 Å². The fourth-order valence-electron chi connectivity index (χ4n) is 2.22. The SMILES string of the molecule is Cc1cccc(NC(=O)CCN2CCC(O)C2)c1. The number of carbonyl (C=O) groups excluding carboxylic acids is 1. The van der Waals surface area contributed by atoms with Crippen molar-refractivity contribution in [3.8, 4) is 0 Å². The number of carbonyl (C=O) groups is 1. The number of amides is 1. The maximum atomic E-state index is 11.8. The maximum absolute atomic E-state index is 11.8. The van der Waals surface area contributed by atoms with E-state index in [-0.39, 0.29) is 12.0 Å². The molecule has 18 heavy (non-hydrogen) atoms. The lowest BCUT2D eigenvalue weighted by Crippen LogP contribution is -2.26. The van der Waals surface area contributed by atoms with E-state index in [9.17, 15) is 9.90 Å². The number of nitrogens with zero attached hydrogens (tertiary/aromatic N) is 1. The Bertz CT molecular complexity index is 420. The second-order valence-electron chi connectivity index (χ2n) is 4.91. The molecular formula is C14H20N2O2. The Hall–Kier alpha value is -1.39. The van der Waals surface area contributed by atoms with E-state index < -0.39 is 0 Å². The first-order valence-electron chi connectivity index (χ1n) is 6.40. The van der Waals surface area contributed by atoms with Crippen molar-refractivity contribution >= 4 is 11.6 Å². The third-order valence-corrected chi connectivity index (χ3v) is 3.20. The van der Waals surface area contributed by atoms with Crippen LogP contribution < -0.4 is 5.32 Å². The van der Waals surface area contributed by atoms with Crippen molar-refractivity contribution in [2.75, 3.05) is 25.0 Å². The highest BCUT2D eigenvalue weighted by atomic mass is 16.3. The second-order valence-corrected chi connectivity index (χ2v) is 4.91. The molecule has 1 unspecified atom stereocenters. The Kier molecular flexibility index (Phi) is 4.33. The molecule has 4 nitrogen and oxygen atoms in total. The number of likely N-dealkylation sites (tertiary alicyclic amines) is 1. The van der Waals surface area contributed by atoms with Crippen molar-refractivity contribution in [2.45, 2.75) is 25.9 Å². The van der Waals surface area contributed by atoms with Crippen molar-refractivity contribution in [1.82, 2.24) is 4.90 Å². The smallest absolute Gasteiger partial charge is 0.225 e. The predicted molar refractivity (Wildman–Crippen MR) is 71.5 cm³/mol. The number of nitrogens with one attached hydrogen (secondary N) is 1. The lowest BCUT2D eigenvalue weighted by Gasteiger charge is -2.14. The molecule has 1 heterocycles. The first kappa shape index (κ1) is 13.1. The van der Waals surface area contributed by atoms with Crippen LogP contribution in [0.2, 0.25) is 0 Å². The summed E-state index contributed by atoms with van der Waals surface area (Å²) in [5, 5.41) is 12.3. The van der Waals surface area contributed by atoms with Crippen molar-refractivity contribution in [1.29, 1.82) is 0 Å². The highest BCUT2D eigenvalue weighted by Crippen LogP contribution is 2.11. The number of rotatable bonds is 4. The molecule has 1 aromatic rings. The largest absolute Gasteiger partial charge is 0.392 e. The topological polar surface area (TPSA) is 52.6 Å². The van der Waals surface area contributed by atoms with E-state index in [0.29, 0.717) is 19.5 Å². The quantitative estimate of drug-likeness (QED) is 0.846. The second kappa shape index (κ2) is 5.98. The summed E-state index contributed by atoms with van der Waals surface area (Å²) in [7, 11) is 0. The molecule has 0 spiro atoms. The van der Waals surface area contributed by atoms with Gasteiger partial charge in [-0.1, -0.05) is 12.1 Å². The summed E-state index contributed by atoms with van der Waals surface area (Å²) >= 11 is 0. The number of β-amino-alcohol motifs (C(OH)–C–C–N with tert-alkyl or cyclic N) is 1. The Balaban J connectivity index is 1.75. The van der Waals surface area contributed by atoms with Crippen LogP contribution in [0.25, 0.3) is 0 Å². The zero-order valence-electron chi connectivity index (χ0n) is 10.7. The first-order chi connectivity index (χ1) is 8.63. The zero-order valence-corrected chi connectivity index (χ0v) is 10.7. The van der Waals surface area contributed by atoms with Crippen LogP contribution in [-0.4, -0.2) is 41.7 Å². The van der Waals surface area contributed by atoms with Crippen LogP contribution in [0.4, 0.5) is 5.69 Å². The number of anilines is 1. The summed E-state index contributed by atoms with van der Waals surface area (Å²) in [5.74, 6) is 0.0296. The van der Waals surface area contributed by atoms with Gasteiger partial charge in [0.2, 0.25) is 5.91 Å². The molecule has 1 atom stereocenters. The average molecular weight is 248 g/mol. The van der Waals surface area contributed by atoms with Gasteiger partial charge in [0.15, 0.2) is 0 Å². The molecule has 2 rings (SSSR count). The van der Waals surface area contributed by atoms with Gasteiger partial charge in [-0.25, -0.2) is 0 Å². The summed E-state index contributed by atoms with van der Waals surface area (Å²) in [6, 6.07) is 7.78. The molecular weight excluding hydrogens is 228 g/mol. The molecule has 98 valence electrons. The van der Waals surface area contributed by atoms with Crippen molar-refractivity contribution in [3.63, 3.8) is 0 Å². The summed E-state index contributed by atoms with van der Waals surface area (Å²) < 4.78 is 0. The van der Waals surface area contributed by atoms with Gasteiger partial charge < -0.3 is 15.3 Å². The minimum absolute atomic E-state index is 0.0296. The number of hydrogen-bond acceptors (Lipinski definition) is 3. The van der Waals surface area contributed by atoms with Gasteiger partial charge in [-0.3, -0.25) is 4.79 Å². The molecule has 0 saturated carbocycles. The van der Waals surface area contributed by atoms with Crippen LogP contribution in [0.15, 0.2) is 24.3 Å². The van der Waals surface area contributed by atoms with Gasteiger partial charge in [0, 0.05) is 31.7 Å². The van der Waals surface area contributed by atoms with Gasteiger partial charge in [0.25, 0.3) is 0 Å². The highest BCUT2D eigenvalue weighted by Gasteiger charge is 2.20. The van der Waals surface area contributed by atoms with Crippen LogP contribution in [-0.2, 0) is 4.79 Å². The molecule has 1 aromatic carbocycles. The van der Waals surface area contributed by atoms with E-state index >= 15 is 0 Å². The van der Waals surface area contributed by atoms with Gasteiger partial charge in [-0.2, -0.15) is 0 Å². The van der Waals surface area contributed by atoms with Crippen LogP contribution in [0.1, 0.15) is 18.4 Å². The number of aliphatic hydroxyl groups is 1. The molecule has 1 amide bonds. The molecule has 1 aliphatic rings. The van der Waals surface area contributed by atoms with Crippen LogP contribution in [0, 0.1) is 6.92 Å². The molecule has 1 saturated heterocycles. The van der Waals surface area contributed by atoms with E-state index in [2.05, 4.69) is 10.2 Å². The molecule has 4 heteroatoms. The fourth-order valence-corrected chi connectivity index (χ4v) is 2.22. The number of hydrogen-bond donors (Lipinski definition) is 2. The standard InChI is InChI=1S/C14H20N2O2/c1-11-3-2-4-12(9-11)15-14(18)6-8-16-7-5-13(17)10-16/h2-4,9,13,17H,5-8,10H2,1H3,(H,15,18). The van der Waals surface area contributed by atoms with Crippen molar-refractivity contribution < 1.29 is 9.90 Å². The van der Waals surface area contributed by atoms with E-state index in [4.69, 9.17) is 0 Å². The molecule has 1 fully saturated rings. The third kappa shape index (κ3) is 3.82. The molecule has 0 radical (unpaired) electrons. The Morgan fingerprint density at radius 3 is 3.06 bits per heavy atom. The van der Waals surface area contributed by atoms with Crippen molar-refractivity contribution in [3.05, 3.63) is 29.8 Å². The zero-order chi connectivity index (χ0) is 13.0. The summed E-state index contributed by atoms with van der Waals surface area (Å²) in [5.41, 5.74) is 1.98. The number of aliphatic hydroxyl groups excluding tert-OH is 1. The summed E-state index contributed by atoms with van der Waals surface area (Å²) in [6.07, 6.45) is 1.07. The minimum Gasteiger partial charge on any atom is -0.392 e. The molecule has 0 bridgehead atoms. The predicted octanol–water partition coefficient (Wildman–Crippen LogP) is 1.39. The fraction of sp³-hybridized carbons (Fsp3) is 0.500. The van der Waals surface area contributed by atoms with Crippen LogP contribution in [0.5, 0.6) is 0 Å². The van der Waals surface area contributed by atoms with Gasteiger partial charge >= 0.3 is 0 Å². The highest BCUT2D eigenvalue weighted by molar-refractivity contribution is 5.90. The van der Waals surface area contributed by atoms with Gasteiger partial charge in [-0.05, 0) is 31.0 Å². The van der Waals surface area contributed by atoms with Crippen molar-refractivity contribution in [2.24, 2.45) is 0 Å². The minimum atomic E-state index is -0.218. The van der Waals surface area contributed by atoms with Gasteiger partial charge in [-0.15, -0.1) is 0 Å². The lowest BCUT2D eigenvalue weighted by molar-refractivity contribution is -0.116. The van der Waals surface area contributed by atoms with Gasteiger partial charge in [0.1, 0.15) is 0 Å². The Morgan fingerprint density at radius 2 is 2.39 bits per heavy atom. The lowest BCUT2D eigenvalue weighted by atomic mass is 10.2. The molecule has 0 aliphatic carbocycles. The Labute approximate surface area is 108 Å². The van der Waals surface area contributed by atoms with E-state index in [0.717, 1.165) is 24.2 Å². The summed E-state index contributed by atoms with van der Waals surface area (Å²) in [6.45, 7) is 4.30. The average Bonchev–Trinajstić information content (AvgIpc) is 2.73. The Morgan fingerprint density at radius 1 is 1.56 bits per heavy atom. The molecule has 2 N–H and O–H groups in total. The van der Waals surface area contributed by atoms with E-state index in [1.165, 1.54) is 0 Å². The monoisotopic (exact) mass is 248 g/mol. The van der Waals surface area contributed by atoms with Gasteiger partial charge in [0.05, 0.1) is 6.10 Å². The normalized spacial score (nSPS) is 20.0. The molecule has 1 aliphatic heterocycles.